The molecule has 1 saturated heterocycles. The Bertz CT molecular complexity index is 188. The van der Waals surface area contributed by atoms with Crippen LogP contribution >= 0.6 is 0 Å². The topological polar surface area (TPSA) is 33.7 Å². The predicted octanol–water partition coefficient (Wildman–Crippen LogP) is 0.720. The molecule has 2 unspecified atom stereocenters. The Morgan fingerprint density at radius 2 is 2.19 bits per heavy atom. The van der Waals surface area contributed by atoms with E-state index >= 15 is 0 Å². The summed E-state index contributed by atoms with van der Waals surface area (Å²) in [7, 11) is 1.76. The number of ether oxygens (including phenoxy) is 2. The van der Waals surface area contributed by atoms with Gasteiger partial charge in [-0.05, 0) is 6.92 Å². The molecule has 1 aliphatic heterocycles. The molecule has 0 aromatic rings. The number of methoxy groups -OCH3 is 1. The summed E-state index contributed by atoms with van der Waals surface area (Å²) >= 11 is 0. The van der Waals surface area contributed by atoms with E-state index in [0.717, 1.165) is 32.9 Å². The molecule has 4 heteroatoms. The van der Waals surface area contributed by atoms with E-state index in [-0.39, 0.29) is 0 Å². The van der Waals surface area contributed by atoms with Crippen molar-refractivity contribution in [1.82, 2.24) is 10.2 Å². The highest BCUT2D eigenvalue weighted by Gasteiger charge is 2.26. The number of hydrogen-bond donors (Lipinski definition) is 1. The number of rotatable bonds is 6. The molecule has 2 atom stereocenters. The van der Waals surface area contributed by atoms with Crippen LogP contribution in [-0.2, 0) is 9.47 Å². The van der Waals surface area contributed by atoms with Crippen LogP contribution in [0.5, 0.6) is 0 Å². The van der Waals surface area contributed by atoms with Gasteiger partial charge in [-0.15, -0.1) is 0 Å². The lowest BCUT2D eigenvalue weighted by Crippen LogP contribution is -2.55. The van der Waals surface area contributed by atoms with Crippen molar-refractivity contribution >= 4 is 0 Å². The van der Waals surface area contributed by atoms with Crippen LogP contribution in [0, 0.1) is 0 Å². The van der Waals surface area contributed by atoms with Crippen molar-refractivity contribution in [2.24, 2.45) is 0 Å². The zero-order valence-electron chi connectivity index (χ0n) is 11.0. The Balaban J connectivity index is 2.43. The first-order chi connectivity index (χ1) is 7.65. The lowest BCUT2D eigenvalue weighted by atomic mass is 10.1. The standard InChI is InChI=1S/C12H26N2O2/c1-10(2)13-7-12-9-16-6-5-14(12)11(3)8-15-4/h10-13H,5-9H2,1-4H3. The van der Waals surface area contributed by atoms with Crippen LogP contribution in [-0.4, -0.2) is 63.0 Å². The molecule has 1 N–H and O–H groups in total. The van der Waals surface area contributed by atoms with Gasteiger partial charge < -0.3 is 14.8 Å². The first-order valence-electron chi connectivity index (χ1n) is 6.21. The van der Waals surface area contributed by atoms with E-state index < -0.39 is 0 Å². The zero-order chi connectivity index (χ0) is 12.0. The van der Waals surface area contributed by atoms with Crippen LogP contribution < -0.4 is 5.32 Å². The maximum Gasteiger partial charge on any atom is 0.0635 e. The fraction of sp³-hybridized carbons (Fsp3) is 1.00. The molecule has 0 aromatic carbocycles. The largest absolute Gasteiger partial charge is 0.383 e. The van der Waals surface area contributed by atoms with Gasteiger partial charge in [-0.1, -0.05) is 13.8 Å². The van der Waals surface area contributed by atoms with E-state index in [4.69, 9.17) is 9.47 Å². The molecule has 4 nitrogen and oxygen atoms in total. The molecular weight excluding hydrogens is 204 g/mol. The zero-order valence-corrected chi connectivity index (χ0v) is 11.0. The SMILES string of the molecule is COCC(C)N1CCOCC1CNC(C)C. The summed E-state index contributed by atoms with van der Waals surface area (Å²) in [5, 5.41) is 3.48. The quantitative estimate of drug-likeness (QED) is 0.729. The summed E-state index contributed by atoms with van der Waals surface area (Å²) < 4.78 is 10.8. The van der Waals surface area contributed by atoms with Crippen LogP contribution in [0.1, 0.15) is 20.8 Å². The maximum absolute atomic E-state index is 5.55. The number of hydrogen-bond acceptors (Lipinski definition) is 4. The average Bonchev–Trinajstić information content (AvgIpc) is 2.27. The monoisotopic (exact) mass is 230 g/mol. The van der Waals surface area contributed by atoms with Crippen LogP contribution in [0.2, 0.25) is 0 Å². The summed E-state index contributed by atoms with van der Waals surface area (Å²) in [6.07, 6.45) is 0. The minimum Gasteiger partial charge on any atom is -0.383 e. The Morgan fingerprint density at radius 1 is 1.44 bits per heavy atom. The van der Waals surface area contributed by atoms with E-state index in [1.807, 2.05) is 0 Å². The molecular formula is C12H26N2O2. The van der Waals surface area contributed by atoms with Crippen LogP contribution in [0.25, 0.3) is 0 Å². The summed E-state index contributed by atoms with van der Waals surface area (Å²) in [5.74, 6) is 0. The number of nitrogens with zero attached hydrogens (tertiary/aromatic N) is 1. The first kappa shape index (κ1) is 13.9. The van der Waals surface area contributed by atoms with Crippen molar-refractivity contribution in [2.45, 2.75) is 38.9 Å². The first-order valence-corrected chi connectivity index (χ1v) is 6.21. The molecule has 96 valence electrons. The van der Waals surface area contributed by atoms with Crippen molar-refractivity contribution in [1.29, 1.82) is 0 Å². The van der Waals surface area contributed by atoms with Crippen LogP contribution in [0.4, 0.5) is 0 Å². The van der Waals surface area contributed by atoms with Gasteiger partial charge >= 0.3 is 0 Å². The van der Waals surface area contributed by atoms with Crippen molar-refractivity contribution < 1.29 is 9.47 Å². The molecule has 0 amide bonds. The third-order valence-electron chi connectivity index (χ3n) is 3.01. The molecule has 1 heterocycles. The van der Waals surface area contributed by atoms with Crippen molar-refractivity contribution in [3.8, 4) is 0 Å². The normalized spacial score (nSPS) is 24.9. The predicted molar refractivity (Wildman–Crippen MR) is 65.8 cm³/mol. The highest BCUT2D eigenvalue weighted by Crippen LogP contribution is 2.11. The molecule has 0 saturated carbocycles. The van der Waals surface area contributed by atoms with Gasteiger partial charge in [0.05, 0.1) is 19.8 Å². The third-order valence-corrected chi connectivity index (χ3v) is 3.01. The fourth-order valence-electron chi connectivity index (χ4n) is 2.13. The Kier molecular flexibility index (Phi) is 6.28. The van der Waals surface area contributed by atoms with E-state index in [1.165, 1.54) is 0 Å². The molecule has 0 spiro atoms. The Morgan fingerprint density at radius 3 is 2.81 bits per heavy atom. The minimum absolute atomic E-state index is 0.466. The smallest absolute Gasteiger partial charge is 0.0635 e. The van der Waals surface area contributed by atoms with E-state index in [1.54, 1.807) is 7.11 Å². The van der Waals surface area contributed by atoms with Crippen LogP contribution in [0.15, 0.2) is 0 Å². The van der Waals surface area contributed by atoms with Gasteiger partial charge in [-0.25, -0.2) is 0 Å². The lowest BCUT2D eigenvalue weighted by molar-refractivity contribution is -0.0392. The van der Waals surface area contributed by atoms with Gasteiger partial charge in [0.15, 0.2) is 0 Å². The minimum atomic E-state index is 0.466. The highest BCUT2D eigenvalue weighted by molar-refractivity contribution is 4.81. The van der Waals surface area contributed by atoms with E-state index in [0.29, 0.717) is 18.1 Å². The second-order valence-electron chi connectivity index (χ2n) is 4.83. The molecule has 0 radical (unpaired) electrons. The number of morpholine rings is 1. The summed E-state index contributed by atoms with van der Waals surface area (Å²) in [4.78, 5) is 2.49. The van der Waals surface area contributed by atoms with Gasteiger partial charge in [0, 0.05) is 38.3 Å². The van der Waals surface area contributed by atoms with Crippen molar-refractivity contribution in [2.75, 3.05) is 40.0 Å². The Labute approximate surface area is 99.3 Å². The molecule has 1 rings (SSSR count). The maximum atomic E-state index is 5.55. The fourth-order valence-corrected chi connectivity index (χ4v) is 2.13. The second-order valence-corrected chi connectivity index (χ2v) is 4.83. The second kappa shape index (κ2) is 7.22. The van der Waals surface area contributed by atoms with Crippen molar-refractivity contribution in [3.63, 3.8) is 0 Å². The summed E-state index contributed by atoms with van der Waals surface area (Å²) in [6.45, 7) is 11.0. The third kappa shape index (κ3) is 4.37. The number of nitrogens with one attached hydrogen (secondary N) is 1. The molecule has 1 fully saturated rings. The van der Waals surface area contributed by atoms with Gasteiger partial charge in [0.1, 0.15) is 0 Å². The van der Waals surface area contributed by atoms with Gasteiger partial charge in [-0.2, -0.15) is 0 Å². The van der Waals surface area contributed by atoms with E-state index in [9.17, 15) is 0 Å². The van der Waals surface area contributed by atoms with Gasteiger partial charge in [0.25, 0.3) is 0 Å². The average molecular weight is 230 g/mol. The lowest BCUT2D eigenvalue weighted by Gasteiger charge is -2.39. The molecule has 0 bridgehead atoms. The highest BCUT2D eigenvalue weighted by atomic mass is 16.5. The molecule has 16 heavy (non-hydrogen) atoms. The molecule has 0 aromatic heterocycles. The van der Waals surface area contributed by atoms with Crippen molar-refractivity contribution in [3.05, 3.63) is 0 Å². The van der Waals surface area contributed by atoms with Gasteiger partial charge in [-0.3, -0.25) is 4.90 Å². The summed E-state index contributed by atoms with van der Waals surface area (Å²) in [6, 6.07) is 1.47. The van der Waals surface area contributed by atoms with E-state index in [2.05, 4.69) is 31.0 Å². The molecule has 0 aliphatic carbocycles. The van der Waals surface area contributed by atoms with Crippen LogP contribution in [0.3, 0.4) is 0 Å². The van der Waals surface area contributed by atoms with Gasteiger partial charge in [0.2, 0.25) is 0 Å². The Hall–Kier alpha value is -0.160. The summed E-state index contributed by atoms with van der Waals surface area (Å²) in [5.41, 5.74) is 0. The molecule has 1 aliphatic rings.